The average molecular weight is 170 g/mol. The van der Waals surface area contributed by atoms with E-state index >= 15 is 0 Å². The van der Waals surface area contributed by atoms with Gasteiger partial charge in [-0.25, -0.2) is 0 Å². The topological polar surface area (TPSA) is 52.0 Å². The molecule has 2 nitrogen and oxygen atoms in total. The predicted molar refractivity (Wildman–Crippen MR) is 52.8 cm³/mol. The molecule has 0 aromatic carbocycles. The Labute approximate surface area is 75.7 Å². The maximum atomic E-state index is 6.04. The summed E-state index contributed by atoms with van der Waals surface area (Å²) in [6, 6.07) is 0.395. The normalized spacial score (nSPS) is 35.0. The summed E-state index contributed by atoms with van der Waals surface area (Å²) in [5.74, 6) is 0.824. The summed E-state index contributed by atoms with van der Waals surface area (Å²) in [7, 11) is 0. The molecule has 2 unspecified atom stereocenters. The van der Waals surface area contributed by atoms with Crippen LogP contribution in [0.25, 0.3) is 0 Å². The van der Waals surface area contributed by atoms with Gasteiger partial charge in [-0.1, -0.05) is 13.8 Å². The second-order valence-corrected chi connectivity index (χ2v) is 4.82. The molecule has 1 saturated carbocycles. The van der Waals surface area contributed by atoms with Crippen molar-refractivity contribution < 1.29 is 0 Å². The summed E-state index contributed by atoms with van der Waals surface area (Å²) in [6.07, 6.45) is 4.89. The van der Waals surface area contributed by atoms with E-state index in [1.165, 1.54) is 25.7 Å². The molecule has 1 fully saturated rings. The van der Waals surface area contributed by atoms with Gasteiger partial charge >= 0.3 is 0 Å². The van der Waals surface area contributed by atoms with Gasteiger partial charge in [-0.15, -0.1) is 0 Å². The zero-order valence-corrected chi connectivity index (χ0v) is 8.34. The molecule has 0 aromatic rings. The Morgan fingerprint density at radius 3 is 2.50 bits per heavy atom. The fourth-order valence-corrected chi connectivity index (χ4v) is 2.29. The van der Waals surface area contributed by atoms with E-state index in [1.807, 2.05) is 0 Å². The number of hydrogen-bond acceptors (Lipinski definition) is 2. The predicted octanol–water partition coefficient (Wildman–Crippen LogP) is 1.49. The largest absolute Gasteiger partial charge is 0.330 e. The minimum absolute atomic E-state index is 0.331. The Bertz CT molecular complexity index is 143. The van der Waals surface area contributed by atoms with Crippen molar-refractivity contribution >= 4 is 0 Å². The van der Waals surface area contributed by atoms with E-state index in [9.17, 15) is 0 Å². The lowest BCUT2D eigenvalue weighted by molar-refractivity contribution is 0.144. The number of rotatable bonds is 2. The highest BCUT2D eigenvalue weighted by Gasteiger charge is 2.33. The zero-order valence-electron chi connectivity index (χ0n) is 8.34. The minimum atomic E-state index is 0.331. The third-order valence-corrected chi connectivity index (χ3v) is 3.28. The van der Waals surface area contributed by atoms with E-state index in [-0.39, 0.29) is 0 Å². The smallest absolute Gasteiger partial charge is 0.00904 e. The van der Waals surface area contributed by atoms with Gasteiger partial charge in [-0.2, -0.15) is 0 Å². The van der Waals surface area contributed by atoms with Gasteiger partial charge in [0, 0.05) is 6.04 Å². The van der Waals surface area contributed by atoms with Crippen molar-refractivity contribution in [3.05, 3.63) is 0 Å². The summed E-state index contributed by atoms with van der Waals surface area (Å²) in [5.41, 5.74) is 11.9. The van der Waals surface area contributed by atoms with Gasteiger partial charge in [0.15, 0.2) is 0 Å². The molecule has 12 heavy (non-hydrogen) atoms. The van der Waals surface area contributed by atoms with E-state index in [2.05, 4.69) is 13.8 Å². The molecule has 1 rings (SSSR count). The molecule has 0 aromatic heterocycles. The molecule has 4 N–H and O–H groups in total. The SMILES string of the molecule is CC1(C)CC(CCN)CCC1N. The molecule has 1 aliphatic carbocycles. The second kappa shape index (κ2) is 3.75. The van der Waals surface area contributed by atoms with Gasteiger partial charge in [0.2, 0.25) is 0 Å². The maximum Gasteiger partial charge on any atom is 0.00904 e. The van der Waals surface area contributed by atoms with Crippen LogP contribution in [0.2, 0.25) is 0 Å². The van der Waals surface area contributed by atoms with Crippen molar-refractivity contribution in [1.29, 1.82) is 0 Å². The molecular formula is C10H22N2. The summed E-state index contributed by atoms with van der Waals surface area (Å²) in [6.45, 7) is 5.39. The second-order valence-electron chi connectivity index (χ2n) is 4.82. The molecule has 2 heteroatoms. The molecule has 72 valence electrons. The third-order valence-electron chi connectivity index (χ3n) is 3.28. The summed E-state index contributed by atoms with van der Waals surface area (Å²) in [5, 5.41) is 0. The molecular weight excluding hydrogens is 148 g/mol. The molecule has 0 saturated heterocycles. The van der Waals surface area contributed by atoms with Crippen LogP contribution in [0.3, 0.4) is 0 Å². The van der Waals surface area contributed by atoms with Gasteiger partial charge < -0.3 is 11.5 Å². The van der Waals surface area contributed by atoms with Gasteiger partial charge in [0.05, 0.1) is 0 Å². The third kappa shape index (κ3) is 2.20. The minimum Gasteiger partial charge on any atom is -0.330 e. The Morgan fingerprint density at radius 1 is 1.33 bits per heavy atom. The van der Waals surface area contributed by atoms with Crippen molar-refractivity contribution in [1.82, 2.24) is 0 Å². The molecule has 0 heterocycles. The summed E-state index contributed by atoms with van der Waals surface area (Å²) < 4.78 is 0. The number of hydrogen-bond donors (Lipinski definition) is 2. The average Bonchev–Trinajstić information content (AvgIpc) is 1.97. The first-order valence-corrected chi connectivity index (χ1v) is 5.02. The fraction of sp³-hybridized carbons (Fsp3) is 1.00. The molecule has 0 radical (unpaired) electrons. The summed E-state index contributed by atoms with van der Waals surface area (Å²) >= 11 is 0. The Hall–Kier alpha value is -0.0800. The molecule has 2 atom stereocenters. The van der Waals surface area contributed by atoms with E-state index in [4.69, 9.17) is 11.5 Å². The fourth-order valence-electron chi connectivity index (χ4n) is 2.29. The van der Waals surface area contributed by atoms with Crippen LogP contribution in [0.5, 0.6) is 0 Å². The quantitative estimate of drug-likeness (QED) is 0.659. The first-order chi connectivity index (χ1) is 5.56. The van der Waals surface area contributed by atoms with Crippen molar-refractivity contribution in [2.45, 2.75) is 45.6 Å². The highest BCUT2D eigenvalue weighted by atomic mass is 14.7. The number of nitrogens with two attached hydrogens (primary N) is 2. The monoisotopic (exact) mass is 170 g/mol. The van der Waals surface area contributed by atoms with Crippen molar-refractivity contribution in [2.75, 3.05) is 6.54 Å². The van der Waals surface area contributed by atoms with E-state index < -0.39 is 0 Å². The highest BCUT2D eigenvalue weighted by Crippen LogP contribution is 2.38. The zero-order chi connectivity index (χ0) is 9.19. The molecule has 0 spiro atoms. The lowest BCUT2D eigenvalue weighted by Gasteiger charge is -2.40. The van der Waals surface area contributed by atoms with Crippen molar-refractivity contribution in [2.24, 2.45) is 22.8 Å². The van der Waals surface area contributed by atoms with E-state index in [0.29, 0.717) is 11.5 Å². The van der Waals surface area contributed by atoms with Crippen LogP contribution in [0.15, 0.2) is 0 Å². The van der Waals surface area contributed by atoms with Crippen LogP contribution in [-0.2, 0) is 0 Å². The van der Waals surface area contributed by atoms with Crippen LogP contribution in [0.4, 0.5) is 0 Å². The Kier molecular flexibility index (Phi) is 3.13. The maximum absolute atomic E-state index is 6.04. The molecule has 1 aliphatic rings. The van der Waals surface area contributed by atoms with E-state index in [0.717, 1.165) is 12.5 Å². The van der Waals surface area contributed by atoms with Crippen LogP contribution in [0.1, 0.15) is 39.5 Å². The standard InChI is InChI=1S/C10H22N2/c1-10(2)7-8(5-6-11)3-4-9(10)12/h8-9H,3-7,11-12H2,1-2H3. The summed E-state index contributed by atoms with van der Waals surface area (Å²) in [4.78, 5) is 0. The van der Waals surface area contributed by atoms with Gasteiger partial charge in [0.25, 0.3) is 0 Å². The lowest BCUT2D eigenvalue weighted by atomic mass is 9.68. The van der Waals surface area contributed by atoms with Crippen LogP contribution < -0.4 is 11.5 Å². The van der Waals surface area contributed by atoms with E-state index in [1.54, 1.807) is 0 Å². The van der Waals surface area contributed by atoms with Gasteiger partial charge in [0.1, 0.15) is 0 Å². The highest BCUT2D eigenvalue weighted by molar-refractivity contribution is 4.88. The molecule has 0 aliphatic heterocycles. The molecule has 0 amide bonds. The van der Waals surface area contributed by atoms with Crippen LogP contribution in [0, 0.1) is 11.3 Å². The first-order valence-electron chi connectivity index (χ1n) is 5.02. The Morgan fingerprint density at radius 2 is 2.00 bits per heavy atom. The van der Waals surface area contributed by atoms with Gasteiger partial charge in [-0.05, 0) is 43.6 Å². The van der Waals surface area contributed by atoms with Crippen LogP contribution >= 0.6 is 0 Å². The molecule has 0 bridgehead atoms. The lowest BCUT2D eigenvalue weighted by Crippen LogP contribution is -2.42. The van der Waals surface area contributed by atoms with Crippen molar-refractivity contribution in [3.8, 4) is 0 Å². The first kappa shape index (κ1) is 10.0. The van der Waals surface area contributed by atoms with Crippen LogP contribution in [-0.4, -0.2) is 12.6 Å². The van der Waals surface area contributed by atoms with Crippen molar-refractivity contribution in [3.63, 3.8) is 0 Å². The van der Waals surface area contributed by atoms with Gasteiger partial charge in [-0.3, -0.25) is 0 Å². The Balaban J connectivity index is 2.45.